The van der Waals surface area contributed by atoms with Gasteiger partial charge in [-0.3, -0.25) is 9.10 Å². The van der Waals surface area contributed by atoms with Crippen LogP contribution in [0.2, 0.25) is 0 Å². The summed E-state index contributed by atoms with van der Waals surface area (Å²) < 4.78 is 65.3. The molecule has 1 amide bonds. The first-order valence-electron chi connectivity index (χ1n) is 10.3. The molecule has 0 spiro atoms. The van der Waals surface area contributed by atoms with Gasteiger partial charge in [-0.1, -0.05) is 0 Å². The summed E-state index contributed by atoms with van der Waals surface area (Å²) in [5, 5.41) is 2.65. The SMILES string of the molecule is CC1Cc2cc(C(=O)Nc3cc(C(F)(F)F)ccc3N3CCCC3)ccc2N1S(C)(=O)=O. The van der Waals surface area contributed by atoms with E-state index in [2.05, 4.69) is 5.32 Å². The Bertz CT molecular complexity index is 1160. The van der Waals surface area contributed by atoms with Crippen molar-refractivity contribution in [1.29, 1.82) is 0 Å². The van der Waals surface area contributed by atoms with Crippen molar-refractivity contribution in [3.63, 3.8) is 0 Å². The largest absolute Gasteiger partial charge is 0.416 e. The number of rotatable bonds is 4. The van der Waals surface area contributed by atoms with Crippen molar-refractivity contribution in [3.05, 3.63) is 53.1 Å². The Balaban J connectivity index is 1.65. The molecule has 4 rings (SSSR count). The number of halogens is 3. The summed E-state index contributed by atoms with van der Waals surface area (Å²) in [5.41, 5.74) is 1.33. The van der Waals surface area contributed by atoms with Crippen LogP contribution in [0.3, 0.4) is 0 Å². The molecule has 6 nitrogen and oxygen atoms in total. The Hall–Kier alpha value is -2.75. The highest BCUT2D eigenvalue weighted by molar-refractivity contribution is 7.92. The smallest absolute Gasteiger partial charge is 0.370 e. The van der Waals surface area contributed by atoms with Crippen LogP contribution in [0.1, 0.15) is 41.3 Å². The predicted octanol–water partition coefficient (Wildman–Crippen LogP) is 4.27. The van der Waals surface area contributed by atoms with Crippen LogP contribution >= 0.6 is 0 Å². The standard InChI is InChI=1S/C22H24F3N3O3S/c1-14-11-16-12-15(5-7-19(16)28(14)32(2,30)31)21(29)26-18-13-17(22(23,24)25)6-8-20(18)27-9-3-4-10-27/h5-8,12-14H,3-4,9-11H2,1-2H3,(H,26,29). The van der Waals surface area contributed by atoms with Gasteiger partial charge in [-0.15, -0.1) is 0 Å². The van der Waals surface area contributed by atoms with Crippen LogP contribution in [0.15, 0.2) is 36.4 Å². The zero-order chi connectivity index (χ0) is 23.3. The van der Waals surface area contributed by atoms with E-state index < -0.39 is 27.7 Å². The molecule has 172 valence electrons. The number of sulfonamides is 1. The van der Waals surface area contributed by atoms with E-state index in [4.69, 9.17) is 0 Å². The fourth-order valence-corrected chi connectivity index (χ4v) is 5.75. The fourth-order valence-electron chi connectivity index (χ4n) is 4.49. The minimum absolute atomic E-state index is 0.110. The molecule has 0 saturated carbocycles. The zero-order valence-corrected chi connectivity index (χ0v) is 18.6. The van der Waals surface area contributed by atoms with Crippen molar-refractivity contribution in [1.82, 2.24) is 0 Å². The molecule has 1 fully saturated rings. The molecule has 1 N–H and O–H groups in total. The molecule has 0 aromatic heterocycles. The number of fused-ring (bicyclic) bond motifs is 1. The van der Waals surface area contributed by atoms with Crippen LogP contribution in [0, 0.1) is 0 Å². The first-order valence-corrected chi connectivity index (χ1v) is 12.2. The Kier molecular flexibility index (Phi) is 5.60. The highest BCUT2D eigenvalue weighted by Crippen LogP contribution is 2.38. The molecule has 0 aliphatic carbocycles. The van der Waals surface area contributed by atoms with Crippen LogP contribution in [-0.4, -0.2) is 39.7 Å². The predicted molar refractivity (Wildman–Crippen MR) is 118 cm³/mol. The lowest BCUT2D eigenvalue weighted by Gasteiger charge is -2.23. The minimum atomic E-state index is -4.53. The van der Waals surface area contributed by atoms with E-state index in [1.54, 1.807) is 19.1 Å². The maximum absolute atomic E-state index is 13.3. The lowest BCUT2D eigenvalue weighted by atomic mass is 10.1. The van der Waals surface area contributed by atoms with E-state index in [1.807, 2.05) is 4.90 Å². The second-order valence-corrected chi connectivity index (χ2v) is 10.2. The molecule has 10 heteroatoms. The number of amides is 1. The maximum Gasteiger partial charge on any atom is 0.416 e. The van der Waals surface area contributed by atoms with E-state index >= 15 is 0 Å². The number of anilines is 3. The molecule has 0 radical (unpaired) electrons. The topological polar surface area (TPSA) is 69.7 Å². The first kappa shape index (κ1) is 22.4. The molecule has 1 unspecified atom stereocenters. The second-order valence-electron chi connectivity index (χ2n) is 8.33. The van der Waals surface area contributed by atoms with Crippen LogP contribution in [0.5, 0.6) is 0 Å². The van der Waals surface area contributed by atoms with Gasteiger partial charge in [0.05, 0.1) is 28.9 Å². The summed E-state index contributed by atoms with van der Waals surface area (Å²) in [7, 11) is -3.46. The average Bonchev–Trinajstić information content (AvgIpc) is 3.32. The minimum Gasteiger partial charge on any atom is -0.370 e. The molecule has 2 aromatic rings. The number of hydrogen-bond donors (Lipinski definition) is 1. The fraction of sp³-hybridized carbons (Fsp3) is 0.409. The van der Waals surface area contributed by atoms with Gasteiger partial charge in [0.25, 0.3) is 5.91 Å². The lowest BCUT2D eigenvalue weighted by Crippen LogP contribution is -2.34. The highest BCUT2D eigenvalue weighted by Gasteiger charge is 2.34. The van der Waals surface area contributed by atoms with Crippen molar-refractivity contribution in [3.8, 4) is 0 Å². The monoisotopic (exact) mass is 467 g/mol. The third-order valence-electron chi connectivity index (χ3n) is 5.87. The molecule has 1 saturated heterocycles. The van der Waals surface area contributed by atoms with Crippen molar-refractivity contribution in [2.75, 3.05) is 33.9 Å². The van der Waals surface area contributed by atoms with E-state index in [9.17, 15) is 26.4 Å². The summed E-state index contributed by atoms with van der Waals surface area (Å²) in [6, 6.07) is 7.79. The summed E-state index contributed by atoms with van der Waals surface area (Å²) in [6.07, 6.45) is -1.07. The summed E-state index contributed by atoms with van der Waals surface area (Å²) >= 11 is 0. The molecule has 1 atom stereocenters. The number of hydrogen-bond acceptors (Lipinski definition) is 4. The Labute approximate surface area is 185 Å². The quantitative estimate of drug-likeness (QED) is 0.729. The first-order chi connectivity index (χ1) is 14.9. The summed E-state index contributed by atoms with van der Waals surface area (Å²) in [5.74, 6) is -0.543. The van der Waals surface area contributed by atoms with Crippen LogP contribution < -0.4 is 14.5 Å². The summed E-state index contributed by atoms with van der Waals surface area (Å²) in [6.45, 7) is 3.21. The Morgan fingerprint density at radius 1 is 1.06 bits per heavy atom. The molecular formula is C22H24F3N3O3S. The molecule has 2 aliphatic rings. The van der Waals surface area contributed by atoms with E-state index in [1.165, 1.54) is 16.4 Å². The van der Waals surface area contributed by atoms with E-state index in [-0.39, 0.29) is 17.3 Å². The van der Waals surface area contributed by atoms with Crippen LogP contribution in [-0.2, 0) is 22.6 Å². The van der Waals surface area contributed by atoms with Gasteiger partial charge in [0.15, 0.2) is 0 Å². The number of carbonyl (C=O) groups is 1. The number of carbonyl (C=O) groups excluding carboxylic acids is 1. The molecule has 2 heterocycles. The second kappa shape index (κ2) is 7.99. The van der Waals surface area contributed by atoms with Gasteiger partial charge < -0.3 is 10.2 Å². The third-order valence-corrected chi connectivity index (χ3v) is 7.14. The van der Waals surface area contributed by atoms with Crippen molar-refractivity contribution in [2.24, 2.45) is 0 Å². The molecule has 0 bridgehead atoms. The number of alkyl halides is 3. The Morgan fingerprint density at radius 2 is 1.72 bits per heavy atom. The maximum atomic E-state index is 13.3. The molecular weight excluding hydrogens is 443 g/mol. The summed E-state index contributed by atoms with van der Waals surface area (Å²) in [4.78, 5) is 14.9. The van der Waals surface area contributed by atoms with Gasteiger partial charge in [-0.05, 0) is 68.1 Å². The molecule has 2 aromatic carbocycles. The van der Waals surface area contributed by atoms with Crippen LogP contribution in [0.4, 0.5) is 30.2 Å². The average molecular weight is 468 g/mol. The van der Waals surface area contributed by atoms with Crippen LogP contribution in [0.25, 0.3) is 0 Å². The highest BCUT2D eigenvalue weighted by atomic mass is 32.2. The van der Waals surface area contributed by atoms with E-state index in [0.29, 0.717) is 36.4 Å². The van der Waals surface area contributed by atoms with Gasteiger partial charge in [-0.25, -0.2) is 8.42 Å². The number of nitrogens with one attached hydrogen (secondary N) is 1. The van der Waals surface area contributed by atoms with Gasteiger partial charge in [-0.2, -0.15) is 13.2 Å². The van der Waals surface area contributed by atoms with Gasteiger partial charge in [0, 0.05) is 24.7 Å². The van der Waals surface area contributed by atoms with Crippen molar-refractivity contribution in [2.45, 2.75) is 38.4 Å². The Morgan fingerprint density at radius 3 is 2.34 bits per heavy atom. The molecule has 32 heavy (non-hydrogen) atoms. The normalized spacial score (nSPS) is 18.7. The number of nitrogens with zero attached hydrogens (tertiary/aromatic N) is 2. The van der Waals surface area contributed by atoms with Gasteiger partial charge in [0.1, 0.15) is 0 Å². The third kappa shape index (κ3) is 4.28. The van der Waals surface area contributed by atoms with Gasteiger partial charge >= 0.3 is 6.18 Å². The van der Waals surface area contributed by atoms with E-state index in [0.717, 1.165) is 31.2 Å². The molecule has 2 aliphatic heterocycles. The van der Waals surface area contributed by atoms with Crippen molar-refractivity contribution >= 4 is 33.0 Å². The zero-order valence-electron chi connectivity index (χ0n) is 17.7. The number of benzene rings is 2. The van der Waals surface area contributed by atoms with Gasteiger partial charge in [0.2, 0.25) is 10.0 Å². The van der Waals surface area contributed by atoms with Crippen molar-refractivity contribution < 1.29 is 26.4 Å². The lowest BCUT2D eigenvalue weighted by molar-refractivity contribution is -0.137.